The minimum atomic E-state index is -0.724. The Morgan fingerprint density at radius 2 is 0.708 bits per heavy atom. The van der Waals surface area contributed by atoms with Gasteiger partial charge in [-0.2, -0.15) is 0 Å². The van der Waals surface area contributed by atoms with Gasteiger partial charge in [0, 0.05) is 114 Å². The molecule has 24 heavy (non-hydrogen) atoms. The van der Waals surface area contributed by atoms with Gasteiger partial charge in [-0.3, -0.25) is 19.2 Å². The average Bonchev–Trinajstić information content (AvgIpc) is 2.22. The maximum Gasteiger partial charge on any atom is 0.326 e. The van der Waals surface area contributed by atoms with Crippen molar-refractivity contribution in [1.82, 2.24) is 10.5 Å². The van der Waals surface area contributed by atoms with E-state index < -0.39 is 23.9 Å². The third-order valence-electron chi connectivity index (χ3n) is 1.39. The fourth-order valence-electron chi connectivity index (χ4n) is 0.957. The first kappa shape index (κ1) is 35.3. The van der Waals surface area contributed by atoms with E-state index in [4.69, 9.17) is 0 Å². The second-order valence-corrected chi connectivity index (χ2v) is 3.44. The van der Waals surface area contributed by atoms with Gasteiger partial charge in [-0.05, 0) is 0 Å². The number of carbonyl (C=O) groups is 4. The summed E-state index contributed by atoms with van der Waals surface area (Å²) >= 11 is 0. The largest absolute Gasteiger partial charge is 0.333 e. The van der Waals surface area contributed by atoms with Crippen LogP contribution >= 0.6 is 0 Å². The van der Waals surface area contributed by atoms with Crippen molar-refractivity contribution in [2.75, 3.05) is 13.1 Å². The van der Waals surface area contributed by atoms with Crippen molar-refractivity contribution in [3.63, 3.8) is 0 Å². The predicted octanol–water partition coefficient (Wildman–Crippen LogP) is -2.02. The van der Waals surface area contributed by atoms with E-state index in [1.165, 1.54) is 0 Å². The van der Waals surface area contributed by atoms with Crippen LogP contribution in [0.15, 0.2) is 0 Å². The molecule has 14 heteroatoms. The fraction of sp³-hybridized carbons (Fsp3) is 0.600. The van der Waals surface area contributed by atoms with Crippen molar-refractivity contribution in [2.24, 2.45) is 0 Å². The molecule has 0 aliphatic heterocycles. The standard InChI is InChI=1S/C10H16N2O8.4Li/c1-7(13)17-11(18-8(2)14)5-6-12(19-9(3)15)20-10(4)16;;;;/h5-6H2,1-4H3;;;;. The second-order valence-electron chi connectivity index (χ2n) is 3.44. The first-order valence-electron chi connectivity index (χ1n) is 5.50. The quantitative estimate of drug-likeness (QED) is 0.385. The van der Waals surface area contributed by atoms with Crippen LogP contribution in [0.5, 0.6) is 0 Å². The molecule has 4 radical (unpaired) electrons. The van der Waals surface area contributed by atoms with E-state index in [0.717, 1.165) is 27.7 Å². The topological polar surface area (TPSA) is 112 Å². The Morgan fingerprint density at radius 1 is 0.542 bits per heavy atom. The van der Waals surface area contributed by atoms with Gasteiger partial charge in [0.25, 0.3) is 0 Å². The molecule has 118 valence electrons. The van der Waals surface area contributed by atoms with Crippen molar-refractivity contribution in [3.8, 4) is 0 Å². The van der Waals surface area contributed by atoms with Crippen molar-refractivity contribution < 1.29 is 38.5 Å². The zero-order valence-electron chi connectivity index (χ0n) is 15.6. The van der Waals surface area contributed by atoms with Crippen LogP contribution in [0.25, 0.3) is 0 Å². The summed E-state index contributed by atoms with van der Waals surface area (Å²) in [5.74, 6) is -2.90. The van der Waals surface area contributed by atoms with Crippen molar-refractivity contribution in [3.05, 3.63) is 0 Å². The molecule has 0 aromatic rings. The number of hydrogen-bond acceptors (Lipinski definition) is 10. The van der Waals surface area contributed by atoms with E-state index in [0.29, 0.717) is 10.5 Å². The number of rotatable bonds is 7. The Labute approximate surface area is 188 Å². The summed E-state index contributed by atoms with van der Waals surface area (Å²) in [6.07, 6.45) is 0. The Morgan fingerprint density at radius 3 is 0.833 bits per heavy atom. The van der Waals surface area contributed by atoms with Crippen molar-refractivity contribution >= 4 is 99.3 Å². The smallest absolute Gasteiger partial charge is 0.326 e. The molecule has 0 aromatic carbocycles. The summed E-state index contributed by atoms with van der Waals surface area (Å²) in [7, 11) is 0. The third kappa shape index (κ3) is 22.2. The molecule has 10 nitrogen and oxygen atoms in total. The summed E-state index contributed by atoms with van der Waals surface area (Å²) in [6.45, 7) is 3.97. The second kappa shape index (κ2) is 19.5. The van der Waals surface area contributed by atoms with Crippen LogP contribution in [0.4, 0.5) is 0 Å². The van der Waals surface area contributed by atoms with Gasteiger partial charge < -0.3 is 19.4 Å². The van der Waals surface area contributed by atoms with Gasteiger partial charge in [0.1, 0.15) is 0 Å². The van der Waals surface area contributed by atoms with Gasteiger partial charge in [0.05, 0.1) is 13.1 Å². The van der Waals surface area contributed by atoms with Crippen molar-refractivity contribution in [1.29, 1.82) is 0 Å². The molecular weight excluding hydrogens is 304 g/mol. The van der Waals surface area contributed by atoms with E-state index in [1.54, 1.807) is 0 Å². The number of nitrogens with zero attached hydrogens (tertiary/aromatic N) is 2. The summed E-state index contributed by atoms with van der Waals surface area (Å²) in [6, 6.07) is 0. The molecule has 0 spiro atoms. The SMILES string of the molecule is CC(=O)ON(CCN(OC(C)=O)OC(C)=O)OC(C)=O.[Li].[Li].[Li].[Li]. The number of hydroxylamine groups is 4. The van der Waals surface area contributed by atoms with Gasteiger partial charge in [-0.25, -0.2) is 0 Å². The van der Waals surface area contributed by atoms with Crippen LogP contribution in [-0.4, -0.2) is 123 Å². The van der Waals surface area contributed by atoms with Crippen LogP contribution in [0, 0.1) is 0 Å². The molecule has 0 saturated carbocycles. The van der Waals surface area contributed by atoms with Crippen LogP contribution in [0.2, 0.25) is 0 Å². The van der Waals surface area contributed by atoms with Gasteiger partial charge in [0.15, 0.2) is 0 Å². The maximum atomic E-state index is 10.8. The summed E-state index contributed by atoms with van der Waals surface area (Å²) in [5.41, 5.74) is 0. The van der Waals surface area contributed by atoms with Gasteiger partial charge >= 0.3 is 23.9 Å². The Bertz CT molecular complexity index is 331. The van der Waals surface area contributed by atoms with E-state index in [2.05, 4.69) is 19.4 Å². The first-order chi connectivity index (χ1) is 9.20. The molecule has 0 unspecified atom stereocenters. The molecule has 0 aliphatic carbocycles. The number of hydrogen-bond donors (Lipinski definition) is 0. The van der Waals surface area contributed by atoms with E-state index in [1.807, 2.05) is 0 Å². The molecule has 0 aromatic heterocycles. The molecule has 0 atom stereocenters. The summed E-state index contributed by atoms with van der Waals surface area (Å²) < 4.78 is 0. The molecule has 0 N–H and O–H groups in total. The normalized spacial score (nSPS) is 8.42. The average molecular weight is 320 g/mol. The van der Waals surface area contributed by atoms with Crippen LogP contribution in [0.1, 0.15) is 27.7 Å². The molecule has 0 amide bonds. The minimum absolute atomic E-state index is 0. The Balaban J connectivity index is -0.000000301. The van der Waals surface area contributed by atoms with E-state index >= 15 is 0 Å². The molecular formula is C10H16Li4N2O8. The Hall–Kier alpha value is 0.190. The number of carbonyl (C=O) groups excluding carboxylic acids is 4. The van der Waals surface area contributed by atoms with E-state index in [9.17, 15) is 19.2 Å². The zero-order chi connectivity index (χ0) is 15.7. The van der Waals surface area contributed by atoms with Crippen LogP contribution in [0.3, 0.4) is 0 Å². The molecule has 0 fully saturated rings. The van der Waals surface area contributed by atoms with E-state index in [-0.39, 0.29) is 88.5 Å². The van der Waals surface area contributed by atoms with Gasteiger partial charge in [-0.15, -0.1) is 0 Å². The third-order valence-corrected chi connectivity index (χ3v) is 1.39. The monoisotopic (exact) mass is 320 g/mol. The van der Waals surface area contributed by atoms with Gasteiger partial charge in [0.2, 0.25) is 0 Å². The minimum Gasteiger partial charge on any atom is -0.333 e. The van der Waals surface area contributed by atoms with Crippen LogP contribution < -0.4 is 0 Å². The molecule has 0 aliphatic rings. The molecule has 0 rings (SSSR count). The Kier molecular flexibility index (Phi) is 28.7. The maximum absolute atomic E-state index is 10.8. The fourth-order valence-corrected chi connectivity index (χ4v) is 0.957. The molecule has 0 saturated heterocycles. The predicted molar refractivity (Wildman–Crippen MR) is 83.5 cm³/mol. The summed E-state index contributed by atoms with van der Waals surface area (Å²) in [4.78, 5) is 61.4. The molecule has 0 heterocycles. The zero-order valence-corrected chi connectivity index (χ0v) is 15.6. The first-order valence-corrected chi connectivity index (χ1v) is 5.50. The van der Waals surface area contributed by atoms with Gasteiger partial charge in [-0.1, -0.05) is 0 Å². The summed E-state index contributed by atoms with van der Waals surface area (Å²) in [5, 5.41) is 1.15. The molecule has 0 bridgehead atoms. The van der Waals surface area contributed by atoms with Crippen LogP contribution in [-0.2, 0) is 38.5 Å². The van der Waals surface area contributed by atoms with Crippen molar-refractivity contribution in [2.45, 2.75) is 27.7 Å².